The van der Waals surface area contributed by atoms with Crippen molar-refractivity contribution in [2.24, 2.45) is 0 Å². The molecule has 1 saturated heterocycles. The van der Waals surface area contributed by atoms with E-state index in [-0.39, 0.29) is 11.8 Å². The standard InChI is InChI=1S/C19H19N3O5S/c1-24-14-6-12(7-15(25-2)16(14)26-3)19(23)22-8-13(9-22)18-20-17(21-27-18)11-4-5-28-10-11/h4-7,10,13H,8-9H2,1-3H3. The van der Waals surface area contributed by atoms with Crippen LogP contribution in [0.25, 0.3) is 11.4 Å². The first-order valence-corrected chi connectivity index (χ1v) is 9.54. The Labute approximate surface area is 165 Å². The van der Waals surface area contributed by atoms with E-state index in [1.165, 1.54) is 21.3 Å². The number of thiophene rings is 1. The third kappa shape index (κ3) is 3.18. The van der Waals surface area contributed by atoms with Crippen LogP contribution in [0.4, 0.5) is 0 Å². The zero-order valence-corrected chi connectivity index (χ0v) is 16.5. The van der Waals surface area contributed by atoms with Crippen LogP contribution in [0.2, 0.25) is 0 Å². The summed E-state index contributed by atoms with van der Waals surface area (Å²) in [6, 6.07) is 5.25. The molecule has 0 saturated carbocycles. The quantitative estimate of drug-likeness (QED) is 0.627. The maximum Gasteiger partial charge on any atom is 0.254 e. The van der Waals surface area contributed by atoms with E-state index in [4.69, 9.17) is 18.7 Å². The number of hydrogen-bond acceptors (Lipinski definition) is 8. The van der Waals surface area contributed by atoms with E-state index >= 15 is 0 Å². The van der Waals surface area contributed by atoms with E-state index in [1.54, 1.807) is 28.4 Å². The van der Waals surface area contributed by atoms with Gasteiger partial charge in [0.1, 0.15) is 0 Å². The predicted molar refractivity (Wildman–Crippen MR) is 102 cm³/mol. The van der Waals surface area contributed by atoms with Crippen molar-refractivity contribution in [1.82, 2.24) is 15.0 Å². The molecule has 0 atom stereocenters. The molecule has 0 bridgehead atoms. The summed E-state index contributed by atoms with van der Waals surface area (Å²) in [5.41, 5.74) is 1.40. The van der Waals surface area contributed by atoms with Gasteiger partial charge in [0.05, 0.1) is 27.2 Å². The Morgan fingerprint density at radius 3 is 2.46 bits per heavy atom. The molecule has 3 aromatic rings. The summed E-state index contributed by atoms with van der Waals surface area (Å²) in [6.07, 6.45) is 0. The maximum atomic E-state index is 12.8. The van der Waals surface area contributed by atoms with E-state index in [9.17, 15) is 4.79 Å². The average molecular weight is 401 g/mol. The largest absolute Gasteiger partial charge is 0.493 e. The number of amides is 1. The molecule has 0 unspecified atom stereocenters. The van der Waals surface area contributed by atoms with Gasteiger partial charge in [-0.3, -0.25) is 4.79 Å². The minimum atomic E-state index is -0.118. The SMILES string of the molecule is COc1cc(C(=O)N2CC(c3nc(-c4ccsc4)no3)C2)cc(OC)c1OC. The molecule has 0 radical (unpaired) electrons. The van der Waals surface area contributed by atoms with Gasteiger partial charge >= 0.3 is 0 Å². The topological polar surface area (TPSA) is 86.9 Å². The summed E-state index contributed by atoms with van der Waals surface area (Å²) >= 11 is 1.58. The first kappa shape index (κ1) is 18.3. The number of carbonyl (C=O) groups excluding carboxylic acids is 1. The van der Waals surface area contributed by atoms with Crippen molar-refractivity contribution in [3.63, 3.8) is 0 Å². The Hall–Kier alpha value is -3.07. The van der Waals surface area contributed by atoms with Crippen molar-refractivity contribution in [1.29, 1.82) is 0 Å². The highest BCUT2D eigenvalue weighted by atomic mass is 32.1. The van der Waals surface area contributed by atoms with E-state index in [1.807, 2.05) is 16.8 Å². The molecular weight excluding hydrogens is 382 g/mol. The highest BCUT2D eigenvalue weighted by Crippen LogP contribution is 2.39. The maximum absolute atomic E-state index is 12.8. The summed E-state index contributed by atoms with van der Waals surface area (Å²) in [7, 11) is 4.56. The van der Waals surface area contributed by atoms with Crippen molar-refractivity contribution in [3.8, 4) is 28.6 Å². The molecular formula is C19H19N3O5S. The van der Waals surface area contributed by atoms with Crippen LogP contribution in [0, 0.1) is 0 Å². The summed E-state index contributed by atoms with van der Waals surface area (Å²) < 4.78 is 21.3. The molecule has 0 spiro atoms. The van der Waals surface area contributed by atoms with Gasteiger partial charge in [0, 0.05) is 29.6 Å². The second-order valence-electron chi connectivity index (χ2n) is 6.29. The van der Waals surface area contributed by atoms with Crippen LogP contribution in [0.15, 0.2) is 33.5 Å². The molecule has 28 heavy (non-hydrogen) atoms. The number of aromatic nitrogens is 2. The zero-order valence-electron chi connectivity index (χ0n) is 15.7. The number of ether oxygens (including phenoxy) is 3. The highest BCUT2D eigenvalue weighted by molar-refractivity contribution is 7.08. The van der Waals surface area contributed by atoms with Gasteiger partial charge in [0.2, 0.25) is 17.5 Å². The van der Waals surface area contributed by atoms with Crippen molar-refractivity contribution in [2.75, 3.05) is 34.4 Å². The van der Waals surface area contributed by atoms with Gasteiger partial charge in [-0.15, -0.1) is 0 Å². The van der Waals surface area contributed by atoms with Crippen molar-refractivity contribution < 1.29 is 23.5 Å². The molecule has 9 heteroatoms. The summed E-state index contributed by atoms with van der Waals surface area (Å²) in [6.45, 7) is 1.03. The smallest absolute Gasteiger partial charge is 0.254 e. The lowest BCUT2D eigenvalue weighted by Gasteiger charge is -2.37. The number of hydrogen-bond donors (Lipinski definition) is 0. The van der Waals surface area contributed by atoms with Gasteiger partial charge < -0.3 is 23.6 Å². The Morgan fingerprint density at radius 2 is 1.89 bits per heavy atom. The van der Waals surface area contributed by atoms with Gasteiger partial charge in [0.25, 0.3) is 5.91 Å². The third-order valence-corrected chi connectivity index (χ3v) is 5.33. The van der Waals surface area contributed by atoms with Crippen LogP contribution in [0.5, 0.6) is 17.2 Å². The predicted octanol–water partition coefficient (Wildman–Crippen LogP) is 3.06. The summed E-state index contributed by atoms with van der Waals surface area (Å²) in [5, 5.41) is 7.96. The minimum absolute atomic E-state index is 0.0332. The van der Waals surface area contributed by atoms with Crippen molar-refractivity contribution >= 4 is 17.2 Å². The second kappa shape index (κ2) is 7.51. The first-order chi connectivity index (χ1) is 13.6. The van der Waals surface area contributed by atoms with Crippen LogP contribution >= 0.6 is 11.3 Å². The Balaban J connectivity index is 1.47. The van der Waals surface area contributed by atoms with Gasteiger partial charge in [0.15, 0.2) is 11.5 Å². The molecule has 8 nitrogen and oxygen atoms in total. The van der Waals surface area contributed by atoms with E-state index < -0.39 is 0 Å². The van der Waals surface area contributed by atoms with E-state index in [2.05, 4.69) is 10.1 Å². The normalized spacial score (nSPS) is 13.9. The molecule has 146 valence electrons. The lowest BCUT2D eigenvalue weighted by Crippen LogP contribution is -2.48. The zero-order chi connectivity index (χ0) is 19.7. The number of rotatable bonds is 6. The number of benzene rings is 1. The van der Waals surface area contributed by atoms with Crippen molar-refractivity contribution in [3.05, 3.63) is 40.4 Å². The molecule has 4 rings (SSSR count). The minimum Gasteiger partial charge on any atom is -0.493 e. The molecule has 3 heterocycles. The monoisotopic (exact) mass is 401 g/mol. The molecule has 1 amide bonds. The summed E-state index contributed by atoms with van der Waals surface area (Å²) in [4.78, 5) is 19.0. The lowest BCUT2D eigenvalue weighted by molar-refractivity contribution is 0.0568. The second-order valence-corrected chi connectivity index (χ2v) is 7.07. The van der Waals surface area contributed by atoms with E-state index in [0.29, 0.717) is 47.6 Å². The third-order valence-electron chi connectivity index (χ3n) is 4.65. The van der Waals surface area contributed by atoms with E-state index in [0.717, 1.165) is 5.56 Å². The fourth-order valence-electron chi connectivity index (χ4n) is 3.10. The van der Waals surface area contributed by atoms with Crippen molar-refractivity contribution in [2.45, 2.75) is 5.92 Å². The highest BCUT2D eigenvalue weighted by Gasteiger charge is 2.36. The van der Waals surface area contributed by atoms with Crippen LogP contribution in [-0.4, -0.2) is 55.4 Å². The molecule has 0 aliphatic carbocycles. The number of carbonyl (C=O) groups is 1. The van der Waals surface area contributed by atoms with Crippen LogP contribution in [-0.2, 0) is 0 Å². The van der Waals surface area contributed by atoms with Crippen LogP contribution < -0.4 is 14.2 Å². The van der Waals surface area contributed by atoms with Gasteiger partial charge in [-0.2, -0.15) is 16.3 Å². The first-order valence-electron chi connectivity index (χ1n) is 8.60. The Morgan fingerprint density at radius 1 is 1.18 bits per heavy atom. The molecule has 2 aromatic heterocycles. The average Bonchev–Trinajstić information content (AvgIpc) is 3.37. The fraction of sp³-hybridized carbons (Fsp3) is 0.316. The molecule has 1 fully saturated rings. The number of likely N-dealkylation sites (tertiary alicyclic amines) is 1. The fourth-order valence-corrected chi connectivity index (χ4v) is 3.73. The number of methoxy groups -OCH3 is 3. The Kier molecular flexibility index (Phi) is 4.91. The van der Waals surface area contributed by atoms with Gasteiger partial charge in [-0.05, 0) is 23.6 Å². The lowest BCUT2D eigenvalue weighted by atomic mass is 9.98. The molecule has 0 N–H and O–H groups in total. The molecule has 1 aliphatic rings. The number of nitrogens with zero attached hydrogens (tertiary/aromatic N) is 3. The molecule has 1 aromatic carbocycles. The molecule has 1 aliphatic heterocycles. The van der Waals surface area contributed by atoms with Gasteiger partial charge in [-0.25, -0.2) is 0 Å². The van der Waals surface area contributed by atoms with Crippen LogP contribution in [0.1, 0.15) is 22.2 Å². The van der Waals surface area contributed by atoms with Gasteiger partial charge in [-0.1, -0.05) is 5.16 Å². The van der Waals surface area contributed by atoms with Crippen LogP contribution in [0.3, 0.4) is 0 Å². The Bertz CT molecular complexity index is 954. The summed E-state index contributed by atoms with van der Waals surface area (Å²) in [5.74, 6) is 2.38.